The van der Waals surface area contributed by atoms with E-state index < -0.39 is 0 Å². The molecule has 0 atom stereocenters. The largest absolute Gasteiger partial charge is 0.491 e. The lowest BCUT2D eigenvalue weighted by atomic mass is 10.3. The van der Waals surface area contributed by atoms with Crippen LogP contribution in [0.1, 0.15) is 0 Å². The molecule has 0 saturated heterocycles. The van der Waals surface area contributed by atoms with Crippen LogP contribution in [0.5, 0.6) is 5.75 Å². The first-order valence-corrected chi connectivity index (χ1v) is 8.07. The van der Waals surface area contributed by atoms with Crippen LogP contribution in [-0.2, 0) is 16.1 Å². The van der Waals surface area contributed by atoms with Crippen molar-refractivity contribution >= 4 is 34.5 Å². The second kappa shape index (κ2) is 8.29. The average molecular weight is 372 g/mol. The van der Waals surface area contributed by atoms with E-state index in [2.05, 4.69) is 25.7 Å². The quantitative estimate of drug-likeness (QED) is 0.187. The Hall–Kier alpha value is -3.44. The minimum Gasteiger partial charge on any atom is -0.491 e. The Morgan fingerprint density at radius 1 is 1.22 bits per heavy atom. The van der Waals surface area contributed by atoms with Gasteiger partial charge >= 0.3 is 0 Å². The monoisotopic (exact) mass is 372 g/mol. The van der Waals surface area contributed by atoms with Gasteiger partial charge in [0.2, 0.25) is 5.95 Å². The summed E-state index contributed by atoms with van der Waals surface area (Å²) in [4.78, 5) is 24.2. The van der Waals surface area contributed by atoms with Gasteiger partial charge in [0.05, 0.1) is 12.9 Å². The average Bonchev–Trinajstić information content (AvgIpc) is 3.06. The number of fused-ring (bicyclic) bond motifs is 1. The summed E-state index contributed by atoms with van der Waals surface area (Å²) < 4.78 is 12.0. The van der Waals surface area contributed by atoms with Crippen LogP contribution in [-0.4, -0.2) is 45.7 Å². The van der Waals surface area contributed by atoms with Gasteiger partial charge in [-0.05, 0) is 24.3 Å². The van der Waals surface area contributed by atoms with Gasteiger partial charge in [0.15, 0.2) is 11.5 Å². The molecule has 0 unspecified atom stereocenters. The van der Waals surface area contributed by atoms with E-state index in [4.69, 9.17) is 21.1 Å². The maximum absolute atomic E-state index is 11.5. The Labute approximate surface area is 154 Å². The van der Waals surface area contributed by atoms with Gasteiger partial charge in [-0.25, -0.2) is 10.8 Å². The number of ether oxygens (including phenoxy) is 2. The van der Waals surface area contributed by atoms with Gasteiger partial charge in [0.1, 0.15) is 24.4 Å². The molecule has 0 aliphatic heterocycles. The number of hydrazine groups is 1. The maximum Gasteiger partial charge on any atom is 0.253 e. The normalized spacial score (nSPS) is 10.7. The smallest absolute Gasteiger partial charge is 0.253 e. The van der Waals surface area contributed by atoms with Crippen LogP contribution in [0.25, 0.3) is 11.2 Å². The van der Waals surface area contributed by atoms with Crippen LogP contribution < -0.4 is 27.1 Å². The van der Waals surface area contributed by atoms with Gasteiger partial charge in [0, 0.05) is 12.8 Å². The number of anilines is 3. The van der Waals surface area contributed by atoms with Crippen LogP contribution >= 0.6 is 0 Å². The minimum absolute atomic E-state index is 0.0313. The number of nitrogens with one attached hydrogen (secondary N) is 2. The lowest BCUT2D eigenvalue weighted by molar-refractivity contribution is -0.121. The third-order valence-electron chi connectivity index (χ3n) is 3.63. The Bertz CT molecular complexity index is 925. The third kappa shape index (κ3) is 4.40. The van der Waals surface area contributed by atoms with E-state index in [-0.39, 0.29) is 24.2 Å². The molecule has 2 heterocycles. The molecule has 1 aromatic carbocycles. The summed E-state index contributed by atoms with van der Waals surface area (Å²) in [6, 6.07) is 7.28. The summed E-state index contributed by atoms with van der Waals surface area (Å²) in [6.07, 6.45) is 1.46. The number of aromatic nitrogens is 4. The highest BCUT2D eigenvalue weighted by atomic mass is 16.5. The van der Waals surface area contributed by atoms with Crippen LogP contribution in [0.15, 0.2) is 30.6 Å². The van der Waals surface area contributed by atoms with E-state index in [0.717, 1.165) is 11.4 Å². The Morgan fingerprint density at radius 3 is 2.70 bits per heavy atom. The number of amides is 1. The van der Waals surface area contributed by atoms with E-state index in [1.807, 2.05) is 24.3 Å². The van der Waals surface area contributed by atoms with Gasteiger partial charge in [-0.1, -0.05) is 0 Å². The zero-order valence-electron chi connectivity index (χ0n) is 14.7. The molecule has 3 rings (SSSR count). The highest BCUT2D eigenvalue weighted by Gasteiger charge is 2.13. The second-order valence-corrected chi connectivity index (χ2v) is 5.54. The predicted octanol–water partition coefficient (Wildman–Crippen LogP) is 0.167. The number of hydrogen-bond acceptors (Lipinski definition) is 9. The fraction of sp³-hybridized carbons (Fsp3) is 0.250. The number of nitrogen functional groups attached to an aromatic ring is 1. The second-order valence-electron chi connectivity index (χ2n) is 5.54. The van der Waals surface area contributed by atoms with E-state index in [1.165, 1.54) is 10.9 Å². The molecule has 6 N–H and O–H groups in total. The van der Waals surface area contributed by atoms with Crippen LogP contribution in [0.3, 0.4) is 0 Å². The van der Waals surface area contributed by atoms with E-state index in [0.29, 0.717) is 24.4 Å². The Balaban J connectivity index is 1.78. The molecule has 1 amide bonds. The molecule has 0 spiro atoms. The van der Waals surface area contributed by atoms with Crippen molar-refractivity contribution in [2.45, 2.75) is 6.54 Å². The van der Waals surface area contributed by atoms with Gasteiger partial charge < -0.3 is 25.1 Å². The van der Waals surface area contributed by atoms with Gasteiger partial charge in [-0.15, -0.1) is 0 Å². The molecule has 3 aromatic rings. The molecule has 2 aromatic heterocycles. The molecule has 27 heavy (non-hydrogen) atoms. The zero-order valence-corrected chi connectivity index (χ0v) is 14.7. The first-order chi connectivity index (χ1) is 13.1. The molecule has 0 aliphatic carbocycles. The number of hydrogen-bond donors (Lipinski definition) is 4. The number of nitrogens with zero attached hydrogens (tertiary/aromatic N) is 4. The summed E-state index contributed by atoms with van der Waals surface area (Å²) in [5.41, 5.74) is 9.60. The highest BCUT2D eigenvalue weighted by molar-refractivity contribution is 5.85. The lowest BCUT2D eigenvalue weighted by Crippen LogP contribution is -2.33. The number of carbonyl (C=O) groups is 1. The molecule has 11 heteroatoms. The van der Waals surface area contributed by atoms with E-state index >= 15 is 0 Å². The fourth-order valence-electron chi connectivity index (χ4n) is 2.34. The van der Waals surface area contributed by atoms with Gasteiger partial charge in [-0.2, -0.15) is 9.97 Å². The van der Waals surface area contributed by atoms with E-state index in [1.54, 1.807) is 7.11 Å². The van der Waals surface area contributed by atoms with E-state index in [9.17, 15) is 4.79 Å². The molecule has 0 radical (unpaired) electrons. The van der Waals surface area contributed by atoms with Crippen LogP contribution in [0.4, 0.5) is 17.5 Å². The predicted molar refractivity (Wildman–Crippen MR) is 99.2 cm³/mol. The summed E-state index contributed by atoms with van der Waals surface area (Å²) in [5, 5.41) is 3.07. The SMILES string of the molecule is COCCOc1ccc(Nc2nc(N)c3ncn(CC(=O)NN)c3n2)cc1. The number of carbonyl (C=O) groups excluding carboxylic acids is 1. The lowest BCUT2D eigenvalue weighted by Gasteiger charge is -2.09. The van der Waals surface area contributed by atoms with Crippen molar-refractivity contribution in [3.05, 3.63) is 30.6 Å². The third-order valence-corrected chi connectivity index (χ3v) is 3.63. The van der Waals surface area contributed by atoms with Crippen molar-refractivity contribution in [2.75, 3.05) is 31.4 Å². The van der Waals surface area contributed by atoms with Crippen molar-refractivity contribution in [2.24, 2.45) is 5.84 Å². The standard InChI is InChI=1S/C16H20N8O3/c1-26-6-7-27-11-4-2-10(3-5-11)20-16-21-14(17)13-15(22-16)24(9-19-13)8-12(25)23-18/h2-5,9H,6-8,18H2,1H3,(H,23,25)(H3,17,20,21,22). The van der Waals surface area contributed by atoms with Gasteiger partial charge in [0.25, 0.3) is 5.91 Å². The molecular weight excluding hydrogens is 352 g/mol. The zero-order chi connectivity index (χ0) is 19.2. The molecule has 142 valence electrons. The summed E-state index contributed by atoms with van der Waals surface area (Å²) in [6.45, 7) is 0.958. The summed E-state index contributed by atoms with van der Waals surface area (Å²) in [5.74, 6) is 5.95. The number of benzene rings is 1. The maximum atomic E-state index is 11.5. The Kier molecular flexibility index (Phi) is 5.64. The highest BCUT2D eigenvalue weighted by Crippen LogP contribution is 2.22. The first kappa shape index (κ1) is 18.4. The molecular formula is C16H20N8O3. The molecule has 0 bridgehead atoms. The number of methoxy groups -OCH3 is 1. The summed E-state index contributed by atoms with van der Waals surface area (Å²) in [7, 11) is 1.62. The topological polar surface area (TPSA) is 155 Å². The van der Waals surface area contributed by atoms with Crippen molar-refractivity contribution in [3.8, 4) is 5.75 Å². The van der Waals surface area contributed by atoms with Gasteiger partial charge in [-0.3, -0.25) is 10.2 Å². The Morgan fingerprint density at radius 2 is 2.00 bits per heavy atom. The van der Waals surface area contributed by atoms with Crippen molar-refractivity contribution < 1.29 is 14.3 Å². The molecule has 0 aliphatic rings. The number of nitrogens with two attached hydrogens (primary N) is 2. The van der Waals surface area contributed by atoms with Crippen LogP contribution in [0.2, 0.25) is 0 Å². The number of imidazole rings is 1. The molecule has 11 nitrogen and oxygen atoms in total. The van der Waals surface area contributed by atoms with Crippen molar-refractivity contribution in [1.29, 1.82) is 0 Å². The minimum atomic E-state index is -0.384. The van der Waals surface area contributed by atoms with Crippen molar-refractivity contribution in [1.82, 2.24) is 24.9 Å². The first-order valence-electron chi connectivity index (χ1n) is 8.07. The fourth-order valence-corrected chi connectivity index (χ4v) is 2.34. The summed E-state index contributed by atoms with van der Waals surface area (Å²) >= 11 is 0. The van der Waals surface area contributed by atoms with Crippen LogP contribution in [0, 0.1) is 0 Å². The number of rotatable bonds is 8. The molecule has 0 saturated carbocycles. The van der Waals surface area contributed by atoms with Crippen molar-refractivity contribution in [3.63, 3.8) is 0 Å². The molecule has 0 fully saturated rings.